The summed E-state index contributed by atoms with van der Waals surface area (Å²) in [4.78, 5) is 14.7. The Morgan fingerprint density at radius 1 is 1.29 bits per heavy atom. The maximum absolute atomic E-state index is 10.3. The van der Waals surface area contributed by atoms with Crippen molar-refractivity contribution in [2.45, 2.75) is 39.3 Å². The third-order valence-electron chi connectivity index (χ3n) is 2.77. The molecule has 0 saturated heterocycles. The van der Waals surface area contributed by atoms with Gasteiger partial charge in [-0.25, -0.2) is 0 Å². The topological polar surface area (TPSA) is 23.6 Å². The standard InChI is InChI=1S/C11H24N2O/c1-10(2)13(6)11(3,4)9-12(5)7-8-14/h8,10H,7,9H2,1-6H3. The molecule has 0 N–H and O–H groups in total. The van der Waals surface area contributed by atoms with Crippen molar-refractivity contribution in [2.75, 3.05) is 27.2 Å². The Bertz CT molecular complexity index is 178. The smallest absolute Gasteiger partial charge is 0.133 e. The summed E-state index contributed by atoms with van der Waals surface area (Å²) >= 11 is 0. The van der Waals surface area contributed by atoms with E-state index in [2.05, 4.69) is 39.6 Å². The number of rotatable bonds is 6. The fraction of sp³-hybridized carbons (Fsp3) is 0.909. The van der Waals surface area contributed by atoms with Crippen LogP contribution in [0.4, 0.5) is 0 Å². The summed E-state index contributed by atoms with van der Waals surface area (Å²) in [6, 6.07) is 0.523. The van der Waals surface area contributed by atoms with Crippen molar-refractivity contribution in [3.63, 3.8) is 0 Å². The lowest BCUT2D eigenvalue weighted by atomic mass is 10.0. The Labute approximate surface area is 88.1 Å². The number of carbonyl (C=O) groups excluding carboxylic acids is 1. The van der Waals surface area contributed by atoms with Crippen LogP contribution >= 0.6 is 0 Å². The van der Waals surface area contributed by atoms with E-state index in [1.54, 1.807) is 0 Å². The minimum Gasteiger partial charge on any atom is -0.302 e. The molecule has 3 nitrogen and oxygen atoms in total. The van der Waals surface area contributed by atoms with Crippen LogP contribution in [0, 0.1) is 0 Å². The Morgan fingerprint density at radius 3 is 2.14 bits per heavy atom. The molecular weight excluding hydrogens is 176 g/mol. The third-order valence-corrected chi connectivity index (χ3v) is 2.77. The number of hydrogen-bond donors (Lipinski definition) is 0. The monoisotopic (exact) mass is 200 g/mol. The molecule has 0 bridgehead atoms. The molecule has 0 aromatic heterocycles. The quantitative estimate of drug-likeness (QED) is 0.603. The van der Waals surface area contributed by atoms with Gasteiger partial charge in [0.1, 0.15) is 6.29 Å². The molecule has 0 aromatic rings. The Hall–Kier alpha value is -0.410. The van der Waals surface area contributed by atoms with Crippen molar-refractivity contribution >= 4 is 6.29 Å². The van der Waals surface area contributed by atoms with Crippen LogP contribution in [-0.2, 0) is 4.79 Å². The second kappa shape index (κ2) is 5.47. The van der Waals surface area contributed by atoms with Crippen LogP contribution in [0.2, 0.25) is 0 Å². The summed E-state index contributed by atoms with van der Waals surface area (Å²) in [5, 5.41) is 0. The molecule has 0 saturated carbocycles. The summed E-state index contributed by atoms with van der Waals surface area (Å²) in [5.74, 6) is 0. The molecule has 0 radical (unpaired) electrons. The van der Waals surface area contributed by atoms with Crippen molar-refractivity contribution in [2.24, 2.45) is 0 Å². The van der Waals surface area contributed by atoms with Crippen molar-refractivity contribution < 1.29 is 4.79 Å². The molecule has 0 aromatic carbocycles. The van der Waals surface area contributed by atoms with E-state index in [0.717, 1.165) is 12.8 Å². The molecule has 0 aliphatic heterocycles. The van der Waals surface area contributed by atoms with Crippen LogP contribution in [0.5, 0.6) is 0 Å². The molecule has 3 heteroatoms. The fourth-order valence-electron chi connectivity index (χ4n) is 1.66. The Morgan fingerprint density at radius 2 is 1.79 bits per heavy atom. The first-order valence-corrected chi connectivity index (χ1v) is 5.16. The van der Waals surface area contributed by atoms with E-state index in [-0.39, 0.29) is 5.54 Å². The van der Waals surface area contributed by atoms with Crippen LogP contribution in [0.25, 0.3) is 0 Å². The van der Waals surface area contributed by atoms with Gasteiger partial charge in [-0.15, -0.1) is 0 Å². The van der Waals surface area contributed by atoms with E-state index in [1.807, 2.05) is 11.9 Å². The summed E-state index contributed by atoms with van der Waals surface area (Å²) in [6.07, 6.45) is 0.950. The number of hydrogen-bond acceptors (Lipinski definition) is 3. The number of likely N-dealkylation sites (N-methyl/N-ethyl adjacent to an activating group) is 2. The summed E-state index contributed by atoms with van der Waals surface area (Å²) < 4.78 is 0. The molecule has 0 unspecified atom stereocenters. The van der Waals surface area contributed by atoms with Gasteiger partial charge in [-0.05, 0) is 41.8 Å². The molecule has 0 amide bonds. The Kier molecular flexibility index (Phi) is 5.31. The van der Waals surface area contributed by atoms with Gasteiger partial charge >= 0.3 is 0 Å². The molecule has 0 aliphatic carbocycles. The minimum atomic E-state index is 0.103. The van der Waals surface area contributed by atoms with Crippen molar-refractivity contribution in [1.82, 2.24) is 9.80 Å². The minimum absolute atomic E-state index is 0.103. The van der Waals surface area contributed by atoms with Crippen LogP contribution in [0.3, 0.4) is 0 Å². The first-order valence-electron chi connectivity index (χ1n) is 5.16. The zero-order valence-corrected chi connectivity index (χ0v) is 10.4. The van der Waals surface area contributed by atoms with Gasteiger partial charge in [-0.2, -0.15) is 0 Å². The number of aldehydes is 1. The molecule has 0 rings (SSSR count). The summed E-state index contributed by atoms with van der Waals surface area (Å²) in [6.45, 7) is 10.2. The third kappa shape index (κ3) is 4.20. The second-order valence-electron chi connectivity index (χ2n) is 4.88. The average Bonchev–Trinajstić information content (AvgIpc) is 2.02. The van der Waals surface area contributed by atoms with Gasteiger partial charge in [0.25, 0.3) is 0 Å². The highest BCUT2D eigenvalue weighted by molar-refractivity contribution is 5.51. The fourth-order valence-corrected chi connectivity index (χ4v) is 1.66. The molecule has 0 fully saturated rings. The van der Waals surface area contributed by atoms with Gasteiger partial charge in [0, 0.05) is 18.1 Å². The van der Waals surface area contributed by atoms with E-state index < -0.39 is 0 Å². The van der Waals surface area contributed by atoms with Gasteiger partial charge < -0.3 is 4.79 Å². The van der Waals surface area contributed by atoms with E-state index in [1.165, 1.54) is 0 Å². The Balaban J connectivity index is 4.24. The van der Waals surface area contributed by atoms with E-state index in [0.29, 0.717) is 12.6 Å². The first kappa shape index (κ1) is 13.6. The van der Waals surface area contributed by atoms with Crippen LogP contribution < -0.4 is 0 Å². The van der Waals surface area contributed by atoms with Crippen molar-refractivity contribution in [1.29, 1.82) is 0 Å². The number of carbonyl (C=O) groups is 1. The molecule has 0 atom stereocenters. The molecule has 0 heterocycles. The van der Waals surface area contributed by atoms with Crippen LogP contribution in [-0.4, -0.2) is 54.9 Å². The van der Waals surface area contributed by atoms with Gasteiger partial charge in [0.2, 0.25) is 0 Å². The largest absolute Gasteiger partial charge is 0.302 e. The molecule has 0 aliphatic rings. The number of nitrogens with zero attached hydrogens (tertiary/aromatic N) is 2. The highest BCUT2D eigenvalue weighted by Crippen LogP contribution is 2.16. The normalized spacial score (nSPS) is 12.9. The molecule has 0 spiro atoms. The first-order chi connectivity index (χ1) is 6.31. The van der Waals surface area contributed by atoms with Crippen molar-refractivity contribution in [3.05, 3.63) is 0 Å². The highest BCUT2D eigenvalue weighted by Gasteiger charge is 2.26. The van der Waals surface area contributed by atoms with Crippen LogP contribution in [0.1, 0.15) is 27.7 Å². The van der Waals surface area contributed by atoms with Crippen molar-refractivity contribution in [3.8, 4) is 0 Å². The maximum Gasteiger partial charge on any atom is 0.133 e. The van der Waals surface area contributed by atoms with E-state index >= 15 is 0 Å². The van der Waals surface area contributed by atoms with Gasteiger partial charge in [0.05, 0.1) is 6.54 Å². The van der Waals surface area contributed by atoms with Crippen LogP contribution in [0.15, 0.2) is 0 Å². The highest BCUT2D eigenvalue weighted by atomic mass is 16.1. The zero-order valence-electron chi connectivity index (χ0n) is 10.4. The van der Waals surface area contributed by atoms with Gasteiger partial charge in [-0.1, -0.05) is 0 Å². The molecular formula is C11H24N2O. The molecule has 84 valence electrons. The SMILES string of the molecule is CC(C)N(C)C(C)(C)CN(C)CC=O. The lowest BCUT2D eigenvalue weighted by Gasteiger charge is -2.40. The lowest BCUT2D eigenvalue weighted by molar-refractivity contribution is -0.108. The predicted molar refractivity (Wildman–Crippen MR) is 60.5 cm³/mol. The zero-order chi connectivity index (χ0) is 11.4. The second-order valence-corrected chi connectivity index (χ2v) is 4.88. The van der Waals surface area contributed by atoms with Gasteiger partial charge in [-0.3, -0.25) is 9.80 Å². The molecule has 14 heavy (non-hydrogen) atoms. The maximum atomic E-state index is 10.3. The van der Waals surface area contributed by atoms with E-state index in [9.17, 15) is 4.79 Å². The average molecular weight is 200 g/mol. The predicted octanol–water partition coefficient (Wildman–Crippen LogP) is 1.24. The summed E-state index contributed by atoms with van der Waals surface area (Å²) in [5.41, 5.74) is 0.103. The summed E-state index contributed by atoms with van der Waals surface area (Å²) in [7, 11) is 4.10. The van der Waals surface area contributed by atoms with E-state index in [4.69, 9.17) is 0 Å². The lowest BCUT2D eigenvalue weighted by Crippen LogP contribution is -2.52. The van der Waals surface area contributed by atoms with Gasteiger partial charge in [0.15, 0.2) is 0 Å².